The molecule has 2 aromatic carbocycles. The lowest BCUT2D eigenvalue weighted by Gasteiger charge is -2.22. The Kier molecular flexibility index (Phi) is 10.3. The van der Waals surface area contributed by atoms with E-state index in [0.29, 0.717) is 4.57 Å². The van der Waals surface area contributed by atoms with Gasteiger partial charge in [0, 0.05) is 34.3 Å². The van der Waals surface area contributed by atoms with Crippen LogP contribution in [0.1, 0.15) is 22.8 Å². The molecule has 3 aromatic rings. The van der Waals surface area contributed by atoms with Crippen LogP contribution in [0.25, 0.3) is 11.1 Å². The second-order valence-corrected chi connectivity index (χ2v) is 9.13. The van der Waals surface area contributed by atoms with Gasteiger partial charge >= 0.3 is 12.5 Å². The monoisotopic (exact) mass is 639 g/mol. The van der Waals surface area contributed by atoms with Gasteiger partial charge in [0.15, 0.2) is 6.61 Å². The molecule has 3 rings (SSSR count). The molecule has 0 bridgehead atoms. The summed E-state index contributed by atoms with van der Waals surface area (Å²) in [7, 11) is 1.12. The van der Waals surface area contributed by atoms with Crippen LogP contribution in [0, 0.1) is 5.82 Å². The van der Waals surface area contributed by atoms with Crippen molar-refractivity contribution < 1.29 is 54.5 Å². The Labute approximate surface area is 242 Å². The fourth-order valence-corrected chi connectivity index (χ4v) is 4.02. The van der Waals surface area contributed by atoms with Gasteiger partial charge in [0.05, 0.1) is 25.5 Å². The standard InChI is InChI=1S/C26H21ClF7N3O6/c1-41-21-11-37(22(38)10-17(21)16-8-13(27)2-5-20(16)42-12-25(29,30)31)19(6-7-43-26(32,33)34)24(40)36-14-3-4-15(23(35)39)18(28)9-14/h2-5,8-11,19H,6-7,12H2,1H3,(H2,35,39)(H,36,40). The Morgan fingerprint density at radius 3 is 2.28 bits per heavy atom. The normalized spacial score (nSPS) is 12.5. The van der Waals surface area contributed by atoms with Crippen molar-refractivity contribution in [3.63, 3.8) is 0 Å². The molecular weight excluding hydrogens is 619 g/mol. The van der Waals surface area contributed by atoms with Gasteiger partial charge < -0.3 is 20.5 Å². The maximum absolute atomic E-state index is 14.2. The van der Waals surface area contributed by atoms with E-state index in [1.165, 1.54) is 12.1 Å². The number of ether oxygens (including phenoxy) is 3. The number of nitrogens with one attached hydrogen (secondary N) is 1. The predicted octanol–water partition coefficient (Wildman–Crippen LogP) is 5.46. The summed E-state index contributed by atoms with van der Waals surface area (Å²) >= 11 is 6.01. The van der Waals surface area contributed by atoms with Gasteiger partial charge in [-0.05, 0) is 36.4 Å². The molecule has 2 amide bonds. The van der Waals surface area contributed by atoms with E-state index in [0.717, 1.165) is 43.6 Å². The number of methoxy groups -OCH3 is 1. The third-order valence-corrected chi connectivity index (χ3v) is 5.92. The summed E-state index contributed by atoms with van der Waals surface area (Å²) in [5, 5.41) is 2.29. The lowest BCUT2D eigenvalue weighted by molar-refractivity contribution is -0.325. The first-order valence-electron chi connectivity index (χ1n) is 11.9. The molecule has 17 heteroatoms. The summed E-state index contributed by atoms with van der Waals surface area (Å²) in [5.74, 6) is -3.82. The number of anilines is 1. The zero-order valence-corrected chi connectivity index (χ0v) is 22.6. The molecule has 0 aliphatic rings. The number of alkyl halides is 6. The van der Waals surface area contributed by atoms with Gasteiger partial charge in [0.2, 0.25) is 5.91 Å². The molecule has 1 heterocycles. The molecule has 1 unspecified atom stereocenters. The number of aromatic nitrogens is 1. The van der Waals surface area contributed by atoms with E-state index in [4.69, 9.17) is 26.8 Å². The van der Waals surface area contributed by atoms with Crippen molar-refractivity contribution in [3.05, 3.63) is 75.4 Å². The lowest BCUT2D eigenvalue weighted by Crippen LogP contribution is -2.34. The SMILES string of the molecule is COc1cn(C(CCOC(F)(F)F)C(=O)Nc2ccc(C(N)=O)c(F)c2)c(=O)cc1-c1cc(Cl)ccc1OCC(F)(F)F. The van der Waals surface area contributed by atoms with Crippen LogP contribution in [0.2, 0.25) is 5.02 Å². The molecule has 9 nitrogen and oxygen atoms in total. The molecule has 1 aromatic heterocycles. The minimum Gasteiger partial charge on any atom is -0.495 e. The molecule has 232 valence electrons. The van der Waals surface area contributed by atoms with Crippen LogP contribution >= 0.6 is 11.6 Å². The minimum atomic E-state index is -5.07. The first-order valence-corrected chi connectivity index (χ1v) is 12.3. The predicted molar refractivity (Wildman–Crippen MR) is 138 cm³/mol. The number of amides is 2. The molecule has 0 saturated carbocycles. The lowest BCUT2D eigenvalue weighted by atomic mass is 10.0. The van der Waals surface area contributed by atoms with Crippen LogP contribution < -0.4 is 26.1 Å². The molecule has 0 radical (unpaired) electrons. The number of pyridine rings is 1. The highest BCUT2D eigenvalue weighted by Crippen LogP contribution is 2.38. The van der Waals surface area contributed by atoms with E-state index in [2.05, 4.69) is 10.1 Å². The number of hydrogen-bond donors (Lipinski definition) is 2. The average molecular weight is 640 g/mol. The number of carbonyl (C=O) groups excluding carboxylic acids is 2. The Morgan fingerprint density at radius 1 is 1.02 bits per heavy atom. The number of carbonyl (C=O) groups is 2. The zero-order valence-electron chi connectivity index (χ0n) is 21.8. The van der Waals surface area contributed by atoms with E-state index in [9.17, 15) is 45.1 Å². The van der Waals surface area contributed by atoms with Gasteiger partial charge in [-0.15, -0.1) is 13.2 Å². The van der Waals surface area contributed by atoms with E-state index >= 15 is 0 Å². The molecule has 3 N–H and O–H groups in total. The number of nitrogens with two attached hydrogens (primary N) is 1. The quantitative estimate of drug-likeness (QED) is 0.269. The zero-order chi connectivity index (χ0) is 32.1. The summed E-state index contributed by atoms with van der Waals surface area (Å²) in [6.45, 7) is -2.76. The fraction of sp³-hybridized carbons (Fsp3) is 0.269. The van der Waals surface area contributed by atoms with Crippen molar-refractivity contribution >= 4 is 29.1 Å². The second kappa shape index (κ2) is 13.3. The minimum absolute atomic E-state index is 0.0525. The number of halogens is 8. The molecule has 0 spiro atoms. The third kappa shape index (κ3) is 9.09. The van der Waals surface area contributed by atoms with Gasteiger partial charge in [-0.2, -0.15) is 13.2 Å². The highest BCUT2D eigenvalue weighted by atomic mass is 35.5. The highest BCUT2D eigenvalue weighted by Gasteiger charge is 2.32. The molecule has 1 atom stereocenters. The van der Waals surface area contributed by atoms with E-state index in [-0.39, 0.29) is 33.3 Å². The van der Waals surface area contributed by atoms with Crippen molar-refractivity contribution in [2.75, 3.05) is 25.6 Å². The van der Waals surface area contributed by atoms with Crippen molar-refractivity contribution in [1.29, 1.82) is 0 Å². The largest absolute Gasteiger partial charge is 0.522 e. The highest BCUT2D eigenvalue weighted by molar-refractivity contribution is 6.31. The van der Waals surface area contributed by atoms with Crippen LogP contribution in [0.4, 0.5) is 36.4 Å². The van der Waals surface area contributed by atoms with Gasteiger partial charge in [-0.1, -0.05) is 11.6 Å². The van der Waals surface area contributed by atoms with E-state index in [1.807, 2.05) is 0 Å². The maximum Gasteiger partial charge on any atom is 0.522 e. The summed E-state index contributed by atoms with van der Waals surface area (Å²) in [6, 6.07) is 5.50. The van der Waals surface area contributed by atoms with Crippen molar-refractivity contribution in [3.8, 4) is 22.6 Å². The van der Waals surface area contributed by atoms with Crippen molar-refractivity contribution in [2.45, 2.75) is 25.0 Å². The molecule has 43 heavy (non-hydrogen) atoms. The molecule has 0 saturated heterocycles. The molecule has 0 fully saturated rings. The number of rotatable bonds is 11. The molecule has 0 aliphatic heterocycles. The first kappa shape index (κ1) is 33.2. The van der Waals surface area contributed by atoms with Crippen LogP contribution in [-0.4, -0.2) is 49.2 Å². The van der Waals surface area contributed by atoms with Crippen LogP contribution in [0.5, 0.6) is 11.5 Å². The fourth-order valence-electron chi connectivity index (χ4n) is 3.84. The second-order valence-electron chi connectivity index (χ2n) is 8.69. The van der Waals surface area contributed by atoms with Crippen LogP contribution in [0.3, 0.4) is 0 Å². The summed E-state index contributed by atoms with van der Waals surface area (Å²) in [6.07, 6.45) is -9.55. The first-order chi connectivity index (χ1) is 20.0. The number of primary amides is 1. The summed E-state index contributed by atoms with van der Waals surface area (Å²) in [5.41, 5.74) is 3.12. The smallest absolute Gasteiger partial charge is 0.495 e. The maximum atomic E-state index is 14.2. The van der Waals surface area contributed by atoms with Gasteiger partial charge in [0.25, 0.3) is 11.5 Å². The van der Waals surface area contributed by atoms with Crippen LogP contribution in [-0.2, 0) is 9.53 Å². The third-order valence-electron chi connectivity index (χ3n) is 5.68. The van der Waals surface area contributed by atoms with Crippen molar-refractivity contribution in [1.82, 2.24) is 4.57 Å². The number of hydrogen-bond acceptors (Lipinski definition) is 6. The Morgan fingerprint density at radius 2 is 1.70 bits per heavy atom. The van der Waals surface area contributed by atoms with Gasteiger partial charge in [0.1, 0.15) is 23.4 Å². The Bertz CT molecular complexity index is 1560. The van der Waals surface area contributed by atoms with Crippen LogP contribution in [0.15, 0.2) is 53.5 Å². The number of nitrogens with zero attached hydrogens (tertiary/aromatic N) is 1. The molecule has 0 aliphatic carbocycles. The molecular formula is C26H21ClF7N3O6. The summed E-state index contributed by atoms with van der Waals surface area (Å²) < 4.78 is 105. The number of benzene rings is 2. The Hall–Kier alpha value is -4.31. The average Bonchev–Trinajstić information content (AvgIpc) is 2.89. The van der Waals surface area contributed by atoms with Gasteiger partial charge in [-0.3, -0.25) is 23.7 Å². The van der Waals surface area contributed by atoms with Crippen molar-refractivity contribution in [2.24, 2.45) is 5.73 Å². The van der Waals surface area contributed by atoms with Gasteiger partial charge in [-0.25, -0.2) is 4.39 Å². The van der Waals surface area contributed by atoms with E-state index < -0.39 is 67.0 Å². The van der Waals surface area contributed by atoms with E-state index in [1.54, 1.807) is 0 Å². The topological polar surface area (TPSA) is 122 Å². The summed E-state index contributed by atoms with van der Waals surface area (Å²) in [4.78, 5) is 37.7. The Balaban J connectivity index is 2.06.